The van der Waals surface area contributed by atoms with E-state index in [0.717, 1.165) is 72.0 Å². The summed E-state index contributed by atoms with van der Waals surface area (Å²) in [6.07, 6.45) is 15.3. The SMILES string of the molecule is CCC(C)O/C(C)=C(/C)Oc1cc2c(c(C)c1C)O[C@](C)(CCC[C@@H](C)CCC[C@@H](C)CCCC(C)C)CC2. The van der Waals surface area contributed by atoms with Crippen LogP contribution in [0.15, 0.2) is 17.6 Å². The van der Waals surface area contributed by atoms with Gasteiger partial charge in [0, 0.05) is 0 Å². The molecule has 1 aromatic carbocycles. The number of hydrogen-bond acceptors (Lipinski definition) is 3. The summed E-state index contributed by atoms with van der Waals surface area (Å²) in [5, 5.41) is 0. The number of allylic oxidation sites excluding steroid dienone is 2. The van der Waals surface area contributed by atoms with Gasteiger partial charge >= 0.3 is 0 Å². The first kappa shape index (κ1) is 33.6. The standard InChI is InChI=1S/C36H62O3/c1-12-28(6)37-31(9)32(10)38-34-24-33-21-23-36(11,39-35(33)30(8)29(34)7)22-15-20-27(5)19-14-18-26(4)17-13-16-25(2)3/h24-28H,12-23H2,1-11H3/b32-31-/t26-,27-,28?,36+/m0/s1. The molecule has 4 atom stereocenters. The first-order valence-electron chi connectivity index (χ1n) is 16.2. The van der Waals surface area contributed by atoms with E-state index in [-0.39, 0.29) is 11.7 Å². The average Bonchev–Trinajstić information content (AvgIpc) is 2.87. The molecule has 1 aliphatic heterocycles. The van der Waals surface area contributed by atoms with Crippen molar-refractivity contribution >= 4 is 0 Å². The highest BCUT2D eigenvalue weighted by Gasteiger charge is 2.33. The van der Waals surface area contributed by atoms with Crippen LogP contribution < -0.4 is 9.47 Å². The van der Waals surface area contributed by atoms with Crippen molar-refractivity contribution in [3.8, 4) is 11.5 Å². The summed E-state index contributed by atoms with van der Waals surface area (Å²) in [4.78, 5) is 0. The van der Waals surface area contributed by atoms with Crippen molar-refractivity contribution in [3.63, 3.8) is 0 Å². The van der Waals surface area contributed by atoms with Crippen LogP contribution >= 0.6 is 0 Å². The lowest BCUT2D eigenvalue weighted by Gasteiger charge is -2.37. The first-order valence-corrected chi connectivity index (χ1v) is 16.2. The molecule has 0 fully saturated rings. The summed E-state index contributed by atoms with van der Waals surface area (Å²) in [7, 11) is 0. The summed E-state index contributed by atoms with van der Waals surface area (Å²) in [5.74, 6) is 6.22. The van der Waals surface area contributed by atoms with Crippen molar-refractivity contribution in [3.05, 3.63) is 34.3 Å². The summed E-state index contributed by atoms with van der Waals surface area (Å²) in [5.41, 5.74) is 3.56. The van der Waals surface area contributed by atoms with E-state index >= 15 is 0 Å². The topological polar surface area (TPSA) is 27.7 Å². The molecular formula is C36H62O3. The minimum absolute atomic E-state index is 0.0756. The van der Waals surface area contributed by atoms with Crippen LogP contribution in [0.3, 0.4) is 0 Å². The molecule has 0 saturated heterocycles. The molecule has 3 heteroatoms. The van der Waals surface area contributed by atoms with Crippen LogP contribution in [0.2, 0.25) is 0 Å². The predicted molar refractivity (Wildman–Crippen MR) is 168 cm³/mol. The Kier molecular flexibility index (Phi) is 13.7. The lowest BCUT2D eigenvalue weighted by atomic mass is 9.85. The molecule has 0 aliphatic carbocycles. The second-order valence-corrected chi connectivity index (χ2v) is 13.6. The highest BCUT2D eigenvalue weighted by molar-refractivity contribution is 5.54. The zero-order valence-electron chi connectivity index (χ0n) is 27.6. The van der Waals surface area contributed by atoms with E-state index < -0.39 is 0 Å². The Balaban J connectivity index is 1.87. The van der Waals surface area contributed by atoms with Crippen molar-refractivity contribution in [2.45, 2.75) is 165 Å². The fraction of sp³-hybridized carbons (Fsp3) is 0.778. The van der Waals surface area contributed by atoms with Crippen LogP contribution in [-0.4, -0.2) is 11.7 Å². The van der Waals surface area contributed by atoms with Gasteiger partial charge in [0.05, 0.1) is 6.10 Å². The molecule has 39 heavy (non-hydrogen) atoms. The lowest BCUT2D eigenvalue weighted by molar-refractivity contribution is 0.0514. The van der Waals surface area contributed by atoms with Gasteiger partial charge in [-0.3, -0.25) is 0 Å². The quantitative estimate of drug-likeness (QED) is 0.183. The number of hydrogen-bond donors (Lipinski definition) is 0. The van der Waals surface area contributed by atoms with Crippen LogP contribution in [0, 0.1) is 31.6 Å². The highest BCUT2D eigenvalue weighted by atomic mass is 16.5. The molecule has 0 N–H and O–H groups in total. The van der Waals surface area contributed by atoms with E-state index in [2.05, 4.69) is 68.4 Å². The first-order chi connectivity index (χ1) is 18.3. The monoisotopic (exact) mass is 542 g/mol. The van der Waals surface area contributed by atoms with Gasteiger partial charge in [0.1, 0.15) is 28.6 Å². The van der Waals surface area contributed by atoms with E-state index in [9.17, 15) is 0 Å². The number of fused-ring (bicyclic) bond motifs is 1. The number of aryl methyl sites for hydroxylation is 1. The molecule has 0 aromatic heterocycles. The maximum Gasteiger partial charge on any atom is 0.138 e. The largest absolute Gasteiger partial charge is 0.492 e. The third kappa shape index (κ3) is 11.0. The molecule has 0 radical (unpaired) electrons. The van der Waals surface area contributed by atoms with E-state index in [1.165, 1.54) is 62.5 Å². The van der Waals surface area contributed by atoms with Gasteiger partial charge in [0.15, 0.2) is 0 Å². The molecule has 0 bridgehead atoms. The molecule has 0 saturated carbocycles. The van der Waals surface area contributed by atoms with Crippen molar-refractivity contribution < 1.29 is 14.2 Å². The molecule has 1 heterocycles. The van der Waals surface area contributed by atoms with Gasteiger partial charge in [-0.15, -0.1) is 0 Å². The predicted octanol–water partition coefficient (Wildman–Crippen LogP) is 11.3. The third-order valence-corrected chi connectivity index (χ3v) is 9.13. The Hall–Kier alpha value is -1.64. The Morgan fingerprint density at radius 3 is 2.05 bits per heavy atom. The van der Waals surface area contributed by atoms with Crippen LogP contribution in [0.4, 0.5) is 0 Å². The molecule has 0 amide bonds. The van der Waals surface area contributed by atoms with E-state index in [1.807, 2.05) is 13.8 Å². The summed E-state index contributed by atoms with van der Waals surface area (Å²) >= 11 is 0. The Morgan fingerprint density at radius 1 is 0.872 bits per heavy atom. The second kappa shape index (κ2) is 16.0. The highest BCUT2D eigenvalue weighted by Crippen LogP contribution is 2.43. The van der Waals surface area contributed by atoms with Crippen molar-refractivity contribution in [1.29, 1.82) is 0 Å². The van der Waals surface area contributed by atoms with Gasteiger partial charge in [-0.1, -0.05) is 79.6 Å². The van der Waals surface area contributed by atoms with Crippen LogP contribution in [0.1, 0.15) is 150 Å². The van der Waals surface area contributed by atoms with E-state index in [1.54, 1.807) is 0 Å². The van der Waals surface area contributed by atoms with Crippen LogP contribution in [0.25, 0.3) is 0 Å². The molecule has 2 rings (SSSR count). The molecule has 224 valence electrons. The second-order valence-electron chi connectivity index (χ2n) is 13.6. The third-order valence-electron chi connectivity index (χ3n) is 9.13. The molecule has 3 nitrogen and oxygen atoms in total. The minimum atomic E-state index is -0.0756. The Bertz CT molecular complexity index is 914. The van der Waals surface area contributed by atoms with Gasteiger partial charge in [-0.05, 0) is 114 Å². The number of benzene rings is 1. The van der Waals surface area contributed by atoms with Gasteiger partial charge in [0.2, 0.25) is 0 Å². The van der Waals surface area contributed by atoms with E-state index in [0.29, 0.717) is 0 Å². The molecular weight excluding hydrogens is 480 g/mol. The van der Waals surface area contributed by atoms with Crippen LogP contribution in [-0.2, 0) is 11.2 Å². The molecule has 0 spiro atoms. The number of rotatable bonds is 17. The van der Waals surface area contributed by atoms with Gasteiger partial charge in [-0.25, -0.2) is 0 Å². The smallest absolute Gasteiger partial charge is 0.138 e. The fourth-order valence-electron chi connectivity index (χ4n) is 5.74. The molecule has 1 unspecified atom stereocenters. The number of ether oxygens (including phenoxy) is 3. The van der Waals surface area contributed by atoms with Gasteiger partial charge in [-0.2, -0.15) is 0 Å². The van der Waals surface area contributed by atoms with Crippen LogP contribution in [0.5, 0.6) is 11.5 Å². The summed E-state index contributed by atoms with van der Waals surface area (Å²) in [6, 6.07) is 2.20. The van der Waals surface area contributed by atoms with E-state index in [4.69, 9.17) is 14.2 Å². The van der Waals surface area contributed by atoms with Crippen molar-refractivity contribution in [2.24, 2.45) is 17.8 Å². The fourth-order valence-corrected chi connectivity index (χ4v) is 5.74. The maximum atomic E-state index is 6.76. The zero-order chi connectivity index (χ0) is 29.2. The van der Waals surface area contributed by atoms with Crippen molar-refractivity contribution in [1.82, 2.24) is 0 Å². The normalized spacial score (nSPS) is 20.1. The van der Waals surface area contributed by atoms with Gasteiger partial charge in [0.25, 0.3) is 0 Å². The summed E-state index contributed by atoms with van der Waals surface area (Å²) < 4.78 is 19.1. The molecule has 1 aliphatic rings. The Morgan fingerprint density at radius 2 is 1.46 bits per heavy atom. The zero-order valence-corrected chi connectivity index (χ0v) is 27.6. The Labute approximate surface area is 242 Å². The minimum Gasteiger partial charge on any atom is -0.492 e. The van der Waals surface area contributed by atoms with Gasteiger partial charge < -0.3 is 14.2 Å². The summed E-state index contributed by atoms with van der Waals surface area (Å²) in [6.45, 7) is 24.4. The van der Waals surface area contributed by atoms with Crippen molar-refractivity contribution in [2.75, 3.05) is 0 Å². The average molecular weight is 543 g/mol. The molecule has 1 aromatic rings. The maximum absolute atomic E-state index is 6.76. The lowest BCUT2D eigenvalue weighted by Crippen LogP contribution is -2.36.